The summed E-state index contributed by atoms with van der Waals surface area (Å²) < 4.78 is 16.3. The van der Waals surface area contributed by atoms with Crippen molar-refractivity contribution < 1.29 is 14.1 Å². The number of H-pyrrole nitrogens is 1. The molecule has 4 rings (SSSR count). The Kier molecular flexibility index (Phi) is 3.49. The first-order valence-electron chi connectivity index (χ1n) is 8.30. The van der Waals surface area contributed by atoms with Crippen molar-refractivity contribution in [1.82, 2.24) is 4.98 Å². The van der Waals surface area contributed by atoms with Crippen molar-refractivity contribution in [2.24, 2.45) is 5.92 Å². The molecule has 2 atom stereocenters. The minimum absolute atomic E-state index is 0.0314. The first kappa shape index (κ1) is 13.9. The lowest BCUT2D eigenvalue weighted by molar-refractivity contribution is -0.698. The molecule has 2 N–H and O–H groups in total. The van der Waals surface area contributed by atoms with Crippen LogP contribution in [0, 0.1) is 11.7 Å². The molecule has 3 nitrogen and oxygen atoms in total. The van der Waals surface area contributed by atoms with E-state index in [2.05, 4.69) is 9.55 Å². The third-order valence-electron chi connectivity index (χ3n) is 5.37. The van der Waals surface area contributed by atoms with Gasteiger partial charge in [-0.05, 0) is 24.8 Å². The second kappa shape index (κ2) is 5.51. The average molecular weight is 301 g/mol. The Labute approximate surface area is 129 Å². The minimum atomic E-state index is -0.310. The fraction of sp³-hybridized carbons (Fsp3) is 0.500. The molecule has 0 spiro atoms. The van der Waals surface area contributed by atoms with Gasteiger partial charge in [0.05, 0.1) is 11.7 Å². The van der Waals surface area contributed by atoms with E-state index in [4.69, 9.17) is 0 Å². The van der Waals surface area contributed by atoms with Gasteiger partial charge in [-0.15, -0.1) is 0 Å². The van der Waals surface area contributed by atoms with E-state index >= 15 is 0 Å². The maximum absolute atomic E-state index is 14.2. The van der Waals surface area contributed by atoms with Gasteiger partial charge in [-0.2, -0.15) is 0 Å². The fourth-order valence-corrected chi connectivity index (χ4v) is 4.22. The number of aromatic amines is 1. The quantitative estimate of drug-likeness (QED) is 0.839. The number of hydrogen-bond acceptors (Lipinski definition) is 1. The molecular formula is C18H22FN2O+. The predicted molar refractivity (Wildman–Crippen MR) is 81.7 cm³/mol. The number of imidazole rings is 1. The Morgan fingerprint density at radius 3 is 2.91 bits per heavy atom. The fourth-order valence-electron chi connectivity index (χ4n) is 4.22. The van der Waals surface area contributed by atoms with Gasteiger partial charge in [0.2, 0.25) is 6.33 Å². The van der Waals surface area contributed by atoms with E-state index in [0.29, 0.717) is 17.9 Å². The van der Waals surface area contributed by atoms with Gasteiger partial charge in [0.1, 0.15) is 18.1 Å². The zero-order valence-electron chi connectivity index (χ0n) is 12.6. The number of aliphatic hydroxyl groups excluding tert-OH is 1. The van der Waals surface area contributed by atoms with Crippen LogP contribution in [-0.2, 0) is 0 Å². The Hall–Kier alpha value is -1.68. The number of fused-ring (bicyclic) bond motifs is 3. The highest BCUT2D eigenvalue weighted by atomic mass is 19.1. The molecule has 1 aliphatic carbocycles. The highest BCUT2D eigenvalue weighted by molar-refractivity contribution is 5.64. The second-order valence-electron chi connectivity index (χ2n) is 6.65. The van der Waals surface area contributed by atoms with Crippen LogP contribution in [-0.4, -0.2) is 16.2 Å². The molecule has 116 valence electrons. The molecule has 2 aliphatic rings. The van der Waals surface area contributed by atoms with Crippen LogP contribution in [0.1, 0.15) is 50.1 Å². The van der Waals surface area contributed by atoms with Crippen molar-refractivity contribution in [3.05, 3.63) is 42.1 Å². The predicted octanol–water partition coefficient (Wildman–Crippen LogP) is 3.34. The Bertz CT molecular complexity index is 675. The Morgan fingerprint density at radius 2 is 2.09 bits per heavy atom. The highest BCUT2D eigenvalue weighted by Gasteiger charge is 2.38. The number of nitrogens with zero attached hydrogens (tertiary/aromatic N) is 1. The summed E-state index contributed by atoms with van der Waals surface area (Å²) in [7, 11) is 0. The number of aromatic nitrogens is 2. The van der Waals surface area contributed by atoms with E-state index in [0.717, 1.165) is 24.1 Å². The van der Waals surface area contributed by atoms with Crippen molar-refractivity contribution in [3.8, 4) is 11.3 Å². The van der Waals surface area contributed by atoms with Gasteiger partial charge in [0.15, 0.2) is 5.69 Å². The number of halogens is 1. The zero-order chi connectivity index (χ0) is 15.1. The van der Waals surface area contributed by atoms with Crippen LogP contribution in [0.15, 0.2) is 30.7 Å². The van der Waals surface area contributed by atoms with Gasteiger partial charge >= 0.3 is 0 Å². The Morgan fingerprint density at radius 1 is 1.27 bits per heavy atom. The van der Waals surface area contributed by atoms with E-state index < -0.39 is 0 Å². The maximum atomic E-state index is 14.2. The number of rotatable bonds is 3. The van der Waals surface area contributed by atoms with Crippen LogP contribution in [0.4, 0.5) is 4.39 Å². The molecule has 1 aromatic carbocycles. The van der Waals surface area contributed by atoms with E-state index in [9.17, 15) is 9.50 Å². The SMILES string of the molecule is OC(CC1c2cccc(F)c2-c2c[nH]c[n+]21)C1CCCCC1. The first-order chi connectivity index (χ1) is 10.8. The van der Waals surface area contributed by atoms with Crippen molar-refractivity contribution in [3.63, 3.8) is 0 Å². The van der Waals surface area contributed by atoms with E-state index in [1.807, 2.05) is 18.6 Å². The van der Waals surface area contributed by atoms with Crippen molar-refractivity contribution in [2.75, 3.05) is 0 Å². The molecule has 0 amide bonds. The lowest BCUT2D eigenvalue weighted by atomic mass is 9.82. The van der Waals surface area contributed by atoms with Crippen LogP contribution in [0.25, 0.3) is 11.3 Å². The number of hydrogen-bond donors (Lipinski definition) is 2. The molecule has 22 heavy (non-hydrogen) atoms. The van der Waals surface area contributed by atoms with E-state index in [1.54, 1.807) is 6.07 Å². The summed E-state index contributed by atoms with van der Waals surface area (Å²) in [4.78, 5) is 3.07. The van der Waals surface area contributed by atoms with Crippen LogP contribution in [0.3, 0.4) is 0 Å². The summed E-state index contributed by atoms with van der Waals surface area (Å²) in [6, 6.07) is 5.30. The zero-order valence-corrected chi connectivity index (χ0v) is 12.6. The third-order valence-corrected chi connectivity index (χ3v) is 5.37. The summed E-state index contributed by atoms with van der Waals surface area (Å²) in [6.07, 6.45) is 10.1. The van der Waals surface area contributed by atoms with Crippen LogP contribution >= 0.6 is 0 Å². The van der Waals surface area contributed by atoms with Gasteiger partial charge in [-0.1, -0.05) is 31.4 Å². The molecule has 2 aromatic rings. The van der Waals surface area contributed by atoms with Crippen LogP contribution in [0.2, 0.25) is 0 Å². The summed E-state index contributed by atoms with van der Waals surface area (Å²) in [5.74, 6) is 0.217. The van der Waals surface area contributed by atoms with Crippen molar-refractivity contribution in [1.29, 1.82) is 0 Å². The number of benzene rings is 1. The second-order valence-corrected chi connectivity index (χ2v) is 6.65. The summed E-state index contributed by atoms with van der Waals surface area (Å²) in [6.45, 7) is 0. The minimum Gasteiger partial charge on any atom is -0.393 e. The molecule has 4 heteroatoms. The molecule has 1 aromatic heterocycles. The van der Waals surface area contributed by atoms with E-state index in [1.165, 1.54) is 25.3 Å². The lowest BCUT2D eigenvalue weighted by Crippen LogP contribution is -2.39. The molecule has 1 fully saturated rings. The molecule has 0 radical (unpaired) electrons. The molecule has 2 unspecified atom stereocenters. The van der Waals surface area contributed by atoms with Crippen molar-refractivity contribution in [2.45, 2.75) is 50.7 Å². The van der Waals surface area contributed by atoms with Crippen LogP contribution < -0.4 is 4.57 Å². The normalized spacial score (nSPS) is 22.4. The topological polar surface area (TPSA) is 39.9 Å². The molecule has 1 saturated carbocycles. The lowest BCUT2D eigenvalue weighted by Gasteiger charge is -2.27. The Balaban J connectivity index is 1.64. The average Bonchev–Trinajstić information content (AvgIpc) is 3.11. The van der Waals surface area contributed by atoms with Gasteiger partial charge in [0.25, 0.3) is 0 Å². The van der Waals surface area contributed by atoms with Gasteiger partial charge in [0, 0.05) is 12.0 Å². The standard InChI is InChI=1S/C18H21FN2O/c19-14-8-4-7-13-15(21-11-20-10-16(21)18(13)14)9-17(22)12-5-2-1-3-6-12/h4,7-8,10-12,15,17,22H,1-3,5-6,9H2/p+1. The summed E-state index contributed by atoms with van der Waals surface area (Å²) in [5.41, 5.74) is 2.57. The smallest absolute Gasteiger partial charge is 0.242 e. The summed E-state index contributed by atoms with van der Waals surface area (Å²) >= 11 is 0. The number of nitrogens with one attached hydrogen (secondary N) is 1. The first-order valence-corrected chi connectivity index (χ1v) is 8.30. The van der Waals surface area contributed by atoms with Gasteiger partial charge in [-0.25, -0.2) is 13.9 Å². The third kappa shape index (κ3) is 2.17. The monoisotopic (exact) mass is 301 g/mol. The highest BCUT2D eigenvalue weighted by Crippen LogP contribution is 2.39. The molecule has 0 saturated heterocycles. The maximum Gasteiger partial charge on any atom is 0.242 e. The van der Waals surface area contributed by atoms with Crippen molar-refractivity contribution >= 4 is 0 Å². The molecule has 0 bridgehead atoms. The molecule has 1 aliphatic heterocycles. The van der Waals surface area contributed by atoms with Gasteiger partial charge < -0.3 is 5.11 Å². The molecule has 2 heterocycles. The summed E-state index contributed by atoms with van der Waals surface area (Å²) in [5, 5.41) is 10.7. The molecular weight excluding hydrogens is 279 g/mol. The largest absolute Gasteiger partial charge is 0.393 e. The number of aliphatic hydroxyl groups is 1. The van der Waals surface area contributed by atoms with Crippen LogP contribution in [0.5, 0.6) is 0 Å². The van der Waals surface area contributed by atoms with Gasteiger partial charge in [-0.3, -0.25) is 0 Å². The van der Waals surface area contributed by atoms with E-state index in [-0.39, 0.29) is 18.0 Å².